The Hall–Kier alpha value is -1.71. The summed E-state index contributed by atoms with van der Waals surface area (Å²) in [5.74, 6) is 1.15. The van der Waals surface area contributed by atoms with Crippen molar-refractivity contribution in [2.75, 3.05) is 7.11 Å². The smallest absolute Gasteiger partial charge is 0.404 e. The molecule has 1 amide bonds. The molecular formula is C12H17NO3. The summed E-state index contributed by atoms with van der Waals surface area (Å²) in [5, 5.41) is 10.9. The molecule has 1 rings (SSSR count). The third kappa shape index (κ3) is 3.15. The van der Waals surface area contributed by atoms with Crippen molar-refractivity contribution in [2.45, 2.75) is 26.3 Å². The summed E-state index contributed by atoms with van der Waals surface area (Å²) in [4.78, 5) is 10.4. The second kappa shape index (κ2) is 5.39. The second-order valence-corrected chi connectivity index (χ2v) is 3.88. The van der Waals surface area contributed by atoms with Crippen molar-refractivity contribution in [2.24, 2.45) is 0 Å². The van der Waals surface area contributed by atoms with Crippen LogP contribution in [-0.2, 0) is 6.54 Å². The van der Waals surface area contributed by atoms with E-state index in [1.165, 1.54) is 5.56 Å². The van der Waals surface area contributed by atoms with Crippen molar-refractivity contribution in [1.29, 1.82) is 0 Å². The van der Waals surface area contributed by atoms with Gasteiger partial charge >= 0.3 is 6.09 Å². The van der Waals surface area contributed by atoms with E-state index in [4.69, 9.17) is 9.84 Å². The average molecular weight is 223 g/mol. The maximum absolute atomic E-state index is 10.4. The zero-order valence-corrected chi connectivity index (χ0v) is 9.78. The van der Waals surface area contributed by atoms with E-state index >= 15 is 0 Å². The second-order valence-electron chi connectivity index (χ2n) is 3.88. The van der Waals surface area contributed by atoms with Crippen LogP contribution in [0.5, 0.6) is 5.75 Å². The highest BCUT2D eigenvalue weighted by Gasteiger charge is 2.07. The minimum Gasteiger partial charge on any atom is -0.496 e. The van der Waals surface area contributed by atoms with E-state index in [0.717, 1.165) is 11.3 Å². The number of hydrogen-bond donors (Lipinski definition) is 2. The standard InChI is InChI=1S/C12H17NO3/c1-8(2)9-4-5-10(7-13-12(14)15)11(6-9)16-3/h4-6,8,13H,7H2,1-3H3,(H,14,15). The summed E-state index contributed by atoms with van der Waals surface area (Å²) in [6.07, 6.45) is -1.03. The number of hydrogen-bond acceptors (Lipinski definition) is 2. The van der Waals surface area contributed by atoms with Crippen LogP contribution in [0.3, 0.4) is 0 Å². The van der Waals surface area contributed by atoms with Gasteiger partial charge in [-0.1, -0.05) is 26.0 Å². The summed E-state index contributed by atoms with van der Waals surface area (Å²) >= 11 is 0. The highest BCUT2D eigenvalue weighted by molar-refractivity contribution is 5.64. The van der Waals surface area contributed by atoms with Crippen LogP contribution in [0.1, 0.15) is 30.9 Å². The quantitative estimate of drug-likeness (QED) is 0.824. The molecule has 4 heteroatoms. The van der Waals surface area contributed by atoms with Gasteiger partial charge in [-0.15, -0.1) is 0 Å². The van der Waals surface area contributed by atoms with Gasteiger partial charge in [0.1, 0.15) is 5.75 Å². The van der Waals surface area contributed by atoms with E-state index in [1.807, 2.05) is 18.2 Å². The zero-order valence-electron chi connectivity index (χ0n) is 9.78. The van der Waals surface area contributed by atoms with Gasteiger partial charge < -0.3 is 15.2 Å². The molecule has 1 aromatic rings. The van der Waals surface area contributed by atoms with Crippen molar-refractivity contribution in [3.05, 3.63) is 29.3 Å². The molecule has 1 aromatic carbocycles. The molecule has 0 heterocycles. The van der Waals surface area contributed by atoms with Crippen molar-refractivity contribution < 1.29 is 14.6 Å². The van der Waals surface area contributed by atoms with Gasteiger partial charge in [-0.25, -0.2) is 4.79 Å². The van der Waals surface area contributed by atoms with Crippen LogP contribution in [-0.4, -0.2) is 18.3 Å². The van der Waals surface area contributed by atoms with E-state index in [1.54, 1.807) is 7.11 Å². The molecule has 0 aliphatic heterocycles. The molecule has 0 atom stereocenters. The Morgan fingerprint density at radius 1 is 1.50 bits per heavy atom. The number of methoxy groups -OCH3 is 1. The van der Waals surface area contributed by atoms with Gasteiger partial charge in [-0.05, 0) is 17.5 Å². The molecule has 0 aliphatic carbocycles. The van der Waals surface area contributed by atoms with Gasteiger partial charge in [-0.2, -0.15) is 0 Å². The Morgan fingerprint density at radius 2 is 2.19 bits per heavy atom. The summed E-state index contributed by atoms with van der Waals surface area (Å²) in [5.41, 5.74) is 2.02. The van der Waals surface area contributed by atoms with Gasteiger partial charge in [0.2, 0.25) is 0 Å². The van der Waals surface area contributed by atoms with Crippen LogP contribution < -0.4 is 10.1 Å². The first kappa shape index (κ1) is 12.4. The first-order valence-electron chi connectivity index (χ1n) is 5.18. The molecule has 0 saturated carbocycles. The topological polar surface area (TPSA) is 58.6 Å². The first-order chi connectivity index (χ1) is 7.54. The third-order valence-corrected chi connectivity index (χ3v) is 2.41. The summed E-state index contributed by atoms with van der Waals surface area (Å²) in [6, 6.07) is 5.83. The minimum atomic E-state index is -1.03. The van der Waals surface area contributed by atoms with E-state index in [9.17, 15) is 4.79 Å². The van der Waals surface area contributed by atoms with Crippen LogP contribution >= 0.6 is 0 Å². The number of carboxylic acid groups (broad SMARTS) is 1. The number of carbonyl (C=O) groups is 1. The predicted molar refractivity (Wildman–Crippen MR) is 61.9 cm³/mol. The number of amides is 1. The van der Waals surface area contributed by atoms with Gasteiger partial charge in [0, 0.05) is 12.1 Å². The average Bonchev–Trinajstić information content (AvgIpc) is 2.25. The van der Waals surface area contributed by atoms with Crippen molar-refractivity contribution in [3.63, 3.8) is 0 Å². The molecule has 0 saturated heterocycles. The van der Waals surface area contributed by atoms with Crippen LogP contribution in [0.25, 0.3) is 0 Å². The molecule has 0 unspecified atom stereocenters. The molecule has 2 N–H and O–H groups in total. The Kier molecular flexibility index (Phi) is 4.17. The Bertz CT molecular complexity index is 375. The van der Waals surface area contributed by atoms with Gasteiger partial charge in [0.05, 0.1) is 7.11 Å². The molecule has 0 radical (unpaired) electrons. The van der Waals surface area contributed by atoms with Gasteiger partial charge in [-0.3, -0.25) is 0 Å². The summed E-state index contributed by atoms with van der Waals surface area (Å²) in [7, 11) is 1.59. The molecule has 0 aromatic heterocycles. The number of ether oxygens (including phenoxy) is 1. The first-order valence-corrected chi connectivity index (χ1v) is 5.18. The predicted octanol–water partition coefficient (Wildman–Crippen LogP) is 2.59. The fourth-order valence-corrected chi connectivity index (χ4v) is 1.44. The van der Waals surface area contributed by atoms with Crippen molar-refractivity contribution in [1.82, 2.24) is 5.32 Å². The lowest BCUT2D eigenvalue weighted by Crippen LogP contribution is -2.20. The lowest BCUT2D eigenvalue weighted by molar-refractivity contribution is 0.194. The zero-order chi connectivity index (χ0) is 12.1. The molecule has 4 nitrogen and oxygen atoms in total. The molecule has 0 bridgehead atoms. The van der Waals surface area contributed by atoms with Crippen molar-refractivity contribution >= 4 is 6.09 Å². The van der Waals surface area contributed by atoms with Crippen molar-refractivity contribution in [3.8, 4) is 5.75 Å². The van der Waals surface area contributed by atoms with E-state index < -0.39 is 6.09 Å². The molecule has 0 aliphatic rings. The number of rotatable bonds is 4. The maximum atomic E-state index is 10.4. The van der Waals surface area contributed by atoms with E-state index in [2.05, 4.69) is 19.2 Å². The van der Waals surface area contributed by atoms with Crippen LogP contribution in [0, 0.1) is 0 Å². The molecule has 16 heavy (non-hydrogen) atoms. The molecule has 0 spiro atoms. The Morgan fingerprint density at radius 3 is 2.69 bits per heavy atom. The van der Waals surface area contributed by atoms with Gasteiger partial charge in [0.15, 0.2) is 0 Å². The Labute approximate surface area is 95.2 Å². The normalized spacial score (nSPS) is 10.2. The van der Waals surface area contributed by atoms with E-state index in [0.29, 0.717) is 5.92 Å². The summed E-state index contributed by atoms with van der Waals surface area (Å²) < 4.78 is 5.24. The summed E-state index contributed by atoms with van der Waals surface area (Å²) in [6.45, 7) is 4.46. The fourth-order valence-electron chi connectivity index (χ4n) is 1.44. The maximum Gasteiger partial charge on any atom is 0.404 e. The van der Waals surface area contributed by atoms with Gasteiger partial charge in [0.25, 0.3) is 0 Å². The highest BCUT2D eigenvalue weighted by atomic mass is 16.5. The lowest BCUT2D eigenvalue weighted by Gasteiger charge is -2.12. The fraction of sp³-hybridized carbons (Fsp3) is 0.417. The van der Waals surface area contributed by atoms with Crippen LogP contribution in [0.15, 0.2) is 18.2 Å². The molecular weight excluding hydrogens is 206 g/mol. The number of benzene rings is 1. The largest absolute Gasteiger partial charge is 0.496 e. The molecule has 88 valence electrons. The monoisotopic (exact) mass is 223 g/mol. The highest BCUT2D eigenvalue weighted by Crippen LogP contribution is 2.24. The number of nitrogens with one attached hydrogen (secondary N) is 1. The molecule has 0 fully saturated rings. The SMILES string of the molecule is COc1cc(C(C)C)ccc1CNC(=O)O. The Balaban J connectivity index is 2.88. The lowest BCUT2D eigenvalue weighted by atomic mass is 10.0. The minimum absolute atomic E-state index is 0.261. The van der Waals surface area contributed by atoms with Crippen LogP contribution in [0.4, 0.5) is 4.79 Å². The third-order valence-electron chi connectivity index (χ3n) is 2.41. The van der Waals surface area contributed by atoms with Crippen LogP contribution in [0.2, 0.25) is 0 Å². The van der Waals surface area contributed by atoms with E-state index in [-0.39, 0.29) is 6.54 Å².